The van der Waals surface area contributed by atoms with E-state index in [4.69, 9.17) is 4.74 Å². The molecule has 0 bridgehead atoms. The van der Waals surface area contributed by atoms with E-state index < -0.39 is 23.1 Å². The van der Waals surface area contributed by atoms with Gasteiger partial charge in [-0.3, -0.25) is 9.69 Å². The lowest BCUT2D eigenvalue weighted by Crippen LogP contribution is -2.39. The first-order chi connectivity index (χ1) is 11.2. The molecule has 0 aromatic heterocycles. The molecule has 1 aromatic rings. The zero-order chi connectivity index (χ0) is 17.5. The molecule has 0 radical (unpaired) electrons. The lowest BCUT2D eigenvalue weighted by molar-refractivity contribution is -0.143. The van der Waals surface area contributed by atoms with Crippen molar-refractivity contribution >= 4 is 17.7 Å². The molecule has 3 rings (SSSR count). The molecule has 1 heterocycles. The molecule has 1 fully saturated rings. The van der Waals surface area contributed by atoms with Crippen LogP contribution < -0.4 is 4.90 Å². The van der Waals surface area contributed by atoms with E-state index in [1.54, 1.807) is 4.90 Å². The highest BCUT2D eigenvalue weighted by Gasteiger charge is 2.46. The van der Waals surface area contributed by atoms with Crippen LogP contribution in [-0.2, 0) is 21.4 Å². The lowest BCUT2D eigenvalue weighted by atomic mass is 9.77. The number of benzene rings is 1. The molecule has 2 aliphatic rings. The normalized spacial score (nSPS) is 19.2. The maximum absolute atomic E-state index is 12.6. The van der Waals surface area contributed by atoms with Gasteiger partial charge >= 0.3 is 12.1 Å². The van der Waals surface area contributed by atoms with Crippen molar-refractivity contribution in [3.63, 3.8) is 0 Å². The number of anilines is 1. The topological polar surface area (TPSA) is 66.8 Å². The number of amides is 1. The summed E-state index contributed by atoms with van der Waals surface area (Å²) < 4.78 is 5.53. The molecule has 1 amide bonds. The Kier molecular flexibility index (Phi) is 4.06. The molecule has 24 heavy (non-hydrogen) atoms. The second-order valence-electron chi connectivity index (χ2n) is 7.79. The number of fused-ring (bicyclic) bond motifs is 1. The molecule has 1 aliphatic heterocycles. The summed E-state index contributed by atoms with van der Waals surface area (Å²) in [6.07, 6.45) is 3.40. The van der Waals surface area contributed by atoms with E-state index in [1.165, 1.54) is 0 Å². The van der Waals surface area contributed by atoms with Crippen LogP contribution >= 0.6 is 0 Å². The SMILES string of the molecule is CC(C)(C)OC(=O)N1CCc2cccc(C3(C(=O)O)CCCC3)c21. The van der Waals surface area contributed by atoms with E-state index >= 15 is 0 Å². The number of carbonyl (C=O) groups is 2. The fraction of sp³-hybridized carbons (Fsp3) is 0.579. The molecule has 5 nitrogen and oxygen atoms in total. The van der Waals surface area contributed by atoms with Crippen LogP contribution in [0.3, 0.4) is 0 Å². The maximum Gasteiger partial charge on any atom is 0.414 e. The summed E-state index contributed by atoms with van der Waals surface area (Å²) in [4.78, 5) is 26.3. The van der Waals surface area contributed by atoms with E-state index in [-0.39, 0.29) is 0 Å². The average molecular weight is 331 g/mol. The third-order valence-corrected chi connectivity index (χ3v) is 4.99. The molecule has 1 N–H and O–H groups in total. The Bertz CT molecular complexity index is 668. The van der Waals surface area contributed by atoms with Crippen LogP contribution in [0.4, 0.5) is 10.5 Å². The fourth-order valence-corrected chi connectivity index (χ4v) is 3.92. The van der Waals surface area contributed by atoms with Crippen molar-refractivity contribution in [3.05, 3.63) is 29.3 Å². The standard InChI is InChI=1S/C19H25NO4/c1-18(2,3)24-17(23)20-12-9-13-7-6-8-14(15(13)20)19(16(21)22)10-4-5-11-19/h6-8H,4-5,9-12H2,1-3H3,(H,21,22). The molecule has 130 valence electrons. The monoisotopic (exact) mass is 331 g/mol. The smallest absolute Gasteiger partial charge is 0.414 e. The predicted octanol–water partition coefficient (Wildman–Crippen LogP) is 3.88. The van der Waals surface area contributed by atoms with Gasteiger partial charge in [-0.25, -0.2) is 4.79 Å². The highest BCUT2D eigenvalue weighted by atomic mass is 16.6. The Morgan fingerprint density at radius 3 is 2.46 bits per heavy atom. The van der Waals surface area contributed by atoms with Crippen molar-refractivity contribution in [1.29, 1.82) is 0 Å². The van der Waals surface area contributed by atoms with E-state index in [9.17, 15) is 14.7 Å². The second-order valence-corrected chi connectivity index (χ2v) is 7.79. The molecule has 0 spiro atoms. The second kappa shape index (κ2) is 5.80. The van der Waals surface area contributed by atoms with Gasteiger partial charge in [0.2, 0.25) is 0 Å². The van der Waals surface area contributed by atoms with Crippen LogP contribution in [0.25, 0.3) is 0 Å². The van der Waals surface area contributed by atoms with Crippen LogP contribution in [-0.4, -0.2) is 29.3 Å². The Balaban J connectivity index is 2.05. The number of hydrogen-bond donors (Lipinski definition) is 1. The Labute approximate surface area is 142 Å². The van der Waals surface area contributed by atoms with Gasteiger partial charge in [0.05, 0.1) is 11.1 Å². The van der Waals surface area contributed by atoms with Crippen molar-refractivity contribution in [3.8, 4) is 0 Å². The summed E-state index contributed by atoms with van der Waals surface area (Å²) in [7, 11) is 0. The number of carboxylic acids is 1. The highest BCUT2D eigenvalue weighted by Crippen LogP contribution is 2.47. The predicted molar refractivity (Wildman–Crippen MR) is 91.5 cm³/mol. The number of carboxylic acid groups (broad SMARTS) is 1. The summed E-state index contributed by atoms with van der Waals surface area (Å²) in [6, 6.07) is 5.77. The van der Waals surface area contributed by atoms with Crippen LogP contribution in [0, 0.1) is 0 Å². The third-order valence-electron chi connectivity index (χ3n) is 4.99. The van der Waals surface area contributed by atoms with Crippen molar-refractivity contribution < 1.29 is 19.4 Å². The minimum Gasteiger partial charge on any atom is -0.481 e. The van der Waals surface area contributed by atoms with Gasteiger partial charge in [0.1, 0.15) is 5.60 Å². The summed E-state index contributed by atoms with van der Waals surface area (Å²) in [5.41, 5.74) is 1.11. The van der Waals surface area contributed by atoms with Gasteiger partial charge < -0.3 is 9.84 Å². The largest absolute Gasteiger partial charge is 0.481 e. The fourth-order valence-electron chi connectivity index (χ4n) is 3.92. The number of para-hydroxylation sites is 1. The Morgan fingerprint density at radius 1 is 1.21 bits per heavy atom. The molecule has 0 unspecified atom stereocenters. The van der Waals surface area contributed by atoms with E-state index in [0.717, 1.165) is 36.1 Å². The molecule has 1 aliphatic carbocycles. The highest BCUT2D eigenvalue weighted by molar-refractivity contribution is 5.95. The van der Waals surface area contributed by atoms with Gasteiger partial charge in [0, 0.05) is 6.54 Å². The zero-order valence-corrected chi connectivity index (χ0v) is 14.6. The first-order valence-electron chi connectivity index (χ1n) is 8.61. The van der Waals surface area contributed by atoms with Crippen LogP contribution in [0.5, 0.6) is 0 Å². The maximum atomic E-state index is 12.6. The molecule has 0 atom stereocenters. The molecule has 1 aromatic carbocycles. The van der Waals surface area contributed by atoms with Crippen LogP contribution in [0.2, 0.25) is 0 Å². The summed E-state index contributed by atoms with van der Waals surface area (Å²) in [5, 5.41) is 9.93. The summed E-state index contributed by atoms with van der Waals surface area (Å²) in [6.45, 7) is 6.05. The van der Waals surface area contributed by atoms with Crippen molar-refractivity contribution in [2.75, 3.05) is 11.4 Å². The molecular weight excluding hydrogens is 306 g/mol. The minimum absolute atomic E-state index is 0.396. The van der Waals surface area contributed by atoms with Gasteiger partial charge in [-0.05, 0) is 51.2 Å². The van der Waals surface area contributed by atoms with Gasteiger partial charge in [0.15, 0.2) is 0 Å². The summed E-state index contributed by atoms with van der Waals surface area (Å²) >= 11 is 0. The minimum atomic E-state index is -0.879. The van der Waals surface area contributed by atoms with Crippen LogP contribution in [0.15, 0.2) is 18.2 Å². The first kappa shape index (κ1) is 16.8. The number of ether oxygens (including phenoxy) is 1. The molecule has 5 heteroatoms. The third kappa shape index (κ3) is 2.76. The van der Waals surface area contributed by atoms with E-state index in [2.05, 4.69) is 0 Å². The lowest BCUT2D eigenvalue weighted by Gasteiger charge is -2.31. The van der Waals surface area contributed by atoms with Crippen molar-refractivity contribution in [2.45, 2.75) is 63.9 Å². The van der Waals surface area contributed by atoms with Gasteiger partial charge in [-0.15, -0.1) is 0 Å². The Hall–Kier alpha value is -2.04. The van der Waals surface area contributed by atoms with Gasteiger partial charge in [-0.1, -0.05) is 31.0 Å². The quantitative estimate of drug-likeness (QED) is 0.893. The average Bonchev–Trinajstić information content (AvgIpc) is 3.13. The van der Waals surface area contributed by atoms with Crippen molar-refractivity contribution in [2.24, 2.45) is 0 Å². The number of hydrogen-bond acceptors (Lipinski definition) is 3. The van der Waals surface area contributed by atoms with Gasteiger partial charge in [-0.2, -0.15) is 0 Å². The zero-order valence-electron chi connectivity index (χ0n) is 14.6. The number of aliphatic carboxylic acids is 1. The Morgan fingerprint density at radius 2 is 1.88 bits per heavy atom. The molecular formula is C19H25NO4. The number of carbonyl (C=O) groups excluding carboxylic acids is 1. The summed E-state index contributed by atoms with van der Waals surface area (Å²) in [5.74, 6) is -0.788. The van der Waals surface area contributed by atoms with Gasteiger partial charge in [0.25, 0.3) is 0 Å². The van der Waals surface area contributed by atoms with E-state index in [1.807, 2.05) is 39.0 Å². The molecule has 0 saturated heterocycles. The number of rotatable bonds is 2. The first-order valence-corrected chi connectivity index (χ1v) is 8.61. The number of nitrogens with zero attached hydrogens (tertiary/aromatic N) is 1. The molecule has 1 saturated carbocycles. The van der Waals surface area contributed by atoms with Crippen LogP contribution in [0.1, 0.15) is 57.6 Å². The van der Waals surface area contributed by atoms with Crippen molar-refractivity contribution in [1.82, 2.24) is 0 Å². The van der Waals surface area contributed by atoms with E-state index in [0.29, 0.717) is 19.4 Å².